The van der Waals surface area contributed by atoms with Gasteiger partial charge in [0.05, 0.1) is 18.3 Å². The number of aliphatic hydroxyl groups is 1. The van der Waals surface area contributed by atoms with E-state index in [0.717, 1.165) is 0 Å². The van der Waals surface area contributed by atoms with Crippen LogP contribution in [0.3, 0.4) is 0 Å². The van der Waals surface area contributed by atoms with Crippen molar-refractivity contribution in [1.82, 2.24) is 0 Å². The van der Waals surface area contributed by atoms with Gasteiger partial charge in [0.1, 0.15) is 0 Å². The number of hydrogen-bond acceptors (Lipinski definition) is 3. The number of ether oxygens (including phenoxy) is 2. The van der Waals surface area contributed by atoms with Gasteiger partial charge in [0, 0.05) is 31.1 Å². The van der Waals surface area contributed by atoms with Crippen molar-refractivity contribution in [3.8, 4) is 0 Å². The Balaban J connectivity index is 0.000000720. The van der Waals surface area contributed by atoms with Crippen LogP contribution in [0.15, 0.2) is 0 Å². The second kappa shape index (κ2) is 3.59. The quantitative estimate of drug-likeness (QED) is 0.651. The Bertz CT molecular complexity index is 164. The van der Waals surface area contributed by atoms with Gasteiger partial charge in [-0.15, -0.1) is 0 Å². The Kier molecular flexibility index (Phi) is 3.29. The fraction of sp³-hybridized carbons (Fsp3) is 0.875. The van der Waals surface area contributed by atoms with Crippen molar-refractivity contribution < 1.29 is 45.7 Å². The topological polar surface area (TPSA) is 38.7 Å². The summed E-state index contributed by atoms with van der Waals surface area (Å²) in [6, 6.07) is 0. The summed E-state index contributed by atoms with van der Waals surface area (Å²) in [6.07, 6.45) is -0.370. The van der Waals surface area contributed by atoms with E-state index in [0.29, 0.717) is 6.61 Å². The smallest absolute Gasteiger partial charge is 0.0874 e. The normalized spacial score (nSPS) is 47.2. The summed E-state index contributed by atoms with van der Waals surface area (Å²) in [6.45, 7) is 6.02. The van der Waals surface area contributed by atoms with E-state index in [1.807, 2.05) is 6.92 Å². The summed E-state index contributed by atoms with van der Waals surface area (Å²) < 4.78 is 10.8. The SMILES string of the molecule is CC(O)[C@@]12CO[C@@H]([CH-]O1)[C@@H]2C.[U]. The van der Waals surface area contributed by atoms with Gasteiger partial charge in [-0.1, -0.05) is 6.92 Å². The van der Waals surface area contributed by atoms with Crippen LogP contribution in [-0.4, -0.2) is 29.5 Å². The summed E-state index contributed by atoms with van der Waals surface area (Å²) in [5.41, 5.74) is -0.454. The molecule has 2 heterocycles. The summed E-state index contributed by atoms with van der Waals surface area (Å²) in [7, 11) is 0. The second-order valence-corrected chi connectivity index (χ2v) is 3.45. The van der Waals surface area contributed by atoms with Gasteiger partial charge in [0.15, 0.2) is 0 Å². The largest absolute Gasteiger partial charge is 0.541 e. The number of aliphatic hydroxyl groups excluding tert-OH is 1. The molecule has 12 heavy (non-hydrogen) atoms. The summed E-state index contributed by atoms with van der Waals surface area (Å²) in [4.78, 5) is 0. The maximum absolute atomic E-state index is 9.47. The van der Waals surface area contributed by atoms with Crippen LogP contribution >= 0.6 is 0 Å². The molecule has 0 saturated carbocycles. The van der Waals surface area contributed by atoms with Gasteiger partial charge < -0.3 is 14.6 Å². The molecule has 0 amide bonds. The van der Waals surface area contributed by atoms with Gasteiger partial charge >= 0.3 is 0 Å². The Morgan fingerprint density at radius 3 is 2.50 bits per heavy atom. The Labute approximate surface area is 96.2 Å². The third-order valence-corrected chi connectivity index (χ3v) is 2.89. The average Bonchev–Trinajstić information content (AvgIpc) is 2.46. The standard InChI is InChI=1S/C8H13O3.U/c1-5-7-3-11-8(5,4-10-7)6(2)9;/h3,5-7,9H,4H2,1-2H3;/q-1;/t5-,6?,7-,8-;/m0./s1. The number of fused-ring (bicyclic) bond motifs is 2. The van der Waals surface area contributed by atoms with Crippen LogP contribution in [0, 0.1) is 43.6 Å². The first-order valence-electron chi connectivity index (χ1n) is 3.97. The van der Waals surface area contributed by atoms with Crippen LogP contribution in [0.25, 0.3) is 0 Å². The molecule has 0 aromatic heterocycles. The van der Waals surface area contributed by atoms with Crippen LogP contribution in [0.1, 0.15) is 13.8 Å². The zero-order valence-corrected chi connectivity index (χ0v) is 11.4. The van der Waals surface area contributed by atoms with Crippen LogP contribution in [0.5, 0.6) is 0 Å². The third kappa shape index (κ3) is 1.29. The number of rotatable bonds is 1. The minimum Gasteiger partial charge on any atom is -0.541 e. The molecular formula is C8H13O3U-. The minimum atomic E-state index is -0.457. The van der Waals surface area contributed by atoms with E-state index in [2.05, 4.69) is 0 Å². The molecule has 2 fully saturated rings. The Morgan fingerprint density at radius 1 is 1.67 bits per heavy atom. The van der Waals surface area contributed by atoms with Gasteiger partial charge in [0.2, 0.25) is 0 Å². The van der Waals surface area contributed by atoms with Crippen molar-refractivity contribution in [1.29, 1.82) is 0 Å². The monoisotopic (exact) mass is 395 g/mol. The molecule has 2 bridgehead atoms. The van der Waals surface area contributed by atoms with E-state index < -0.39 is 11.7 Å². The molecule has 0 aromatic carbocycles. The van der Waals surface area contributed by atoms with Gasteiger partial charge in [0.25, 0.3) is 0 Å². The molecule has 2 saturated heterocycles. The molecule has 0 aromatic rings. The molecule has 4 atom stereocenters. The predicted molar refractivity (Wildman–Crippen MR) is 38.7 cm³/mol. The summed E-state index contributed by atoms with van der Waals surface area (Å²) in [5.74, 6) is 0.280. The zero-order chi connectivity index (χ0) is 8.06. The number of hydrogen-bond donors (Lipinski definition) is 1. The molecule has 4 heteroatoms. The predicted octanol–water partition coefficient (Wildman–Crippen LogP) is 0.333. The van der Waals surface area contributed by atoms with Crippen LogP contribution in [0.2, 0.25) is 0 Å². The molecule has 2 rings (SSSR count). The van der Waals surface area contributed by atoms with Crippen molar-refractivity contribution in [3.05, 3.63) is 6.61 Å². The van der Waals surface area contributed by atoms with E-state index in [1.165, 1.54) is 0 Å². The average molecular weight is 395 g/mol. The molecule has 0 radical (unpaired) electrons. The van der Waals surface area contributed by atoms with Gasteiger partial charge in [-0.3, -0.25) is 0 Å². The fourth-order valence-electron chi connectivity index (χ4n) is 1.87. The maximum Gasteiger partial charge on any atom is 0.0874 e. The van der Waals surface area contributed by atoms with Crippen molar-refractivity contribution >= 4 is 0 Å². The molecule has 0 spiro atoms. The molecule has 0 aliphatic carbocycles. The van der Waals surface area contributed by atoms with E-state index in [1.54, 1.807) is 13.5 Å². The maximum atomic E-state index is 9.47. The first kappa shape index (κ1) is 11.0. The van der Waals surface area contributed by atoms with E-state index in [9.17, 15) is 5.11 Å². The molecular weight excluding hydrogens is 382 g/mol. The van der Waals surface area contributed by atoms with E-state index in [4.69, 9.17) is 9.47 Å². The van der Waals surface area contributed by atoms with E-state index in [-0.39, 0.29) is 43.1 Å². The van der Waals surface area contributed by atoms with Crippen LogP contribution in [-0.2, 0) is 9.47 Å². The molecule has 68 valence electrons. The summed E-state index contributed by atoms with van der Waals surface area (Å²) >= 11 is 0. The first-order valence-corrected chi connectivity index (χ1v) is 3.97. The van der Waals surface area contributed by atoms with Crippen molar-refractivity contribution in [2.75, 3.05) is 6.61 Å². The van der Waals surface area contributed by atoms with Crippen molar-refractivity contribution in [2.24, 2.45) is 5.92 Å². The molecule has 2 aliphatic heterocycles. The first-order chi connectivity index (χ1) is 5.17. The van der Waals surface area contributed by atoms with Crippen molar-refractivity contribution in [3.63, 3.8) is 0 Å². The van der Waals surface area contributed by atoms with E-state index >= 15 is 0 Å². The van der Waals surface area contributed by atoms with Gasteiger partial charge in [-0.25, -0.2) is 0 Å². The van der Waals surface area contributed by atoms with Crippen LogP contribution in [0.4, 0.5) is 0 Å². The summed E-state index contributed by atoms with van der Waals surface area (Å²) in [5, 5.41) is 9.47. The zero-order valence-electron chi connectivity index (χ0n) is 7.28. The Morgan fingerprint density at radius 2 is 2.33 bits per heavy atom. The van der Waals surface area contributed by atoms with Crippen LogP contribution < -0.4 is 0 Å². The van der Waals surface area contributed by atoms with Gasteiger partial charge in [-0.2, -0.15) is 6.61 Å². The second-order valence-electron chi connectivity index (χ2n) is 3.45. The van der Waals surface area contributed by atoms with Crippen molar-refractivity contribution in [2.45, 2.75) is 31.7 Å². The third-order valence-electron chi connectivity index (χ3n) is 2.89. The molecule has 1 unspecified atom stereocenters. The van der Waals surface area contributed by atoms with Gasteiger partial charge in [-0.05, 0) is 18.9 Å². The molecule has 1 N–H and O–H groups in total. The minimum absolute atomic E-state index is 0. The molecule has 2 aliphatic rings. The Hall–Kier alpha value is 0.932. The molecule has 3 nitrogen and oxygen atoms in total. The fourth-order valence-corrected chi connectivity index (χ4v) is 1.87.